The minimum Gasteiger partial charge on any atom is -0.310 e. The van der Waals surface area contributed by atoms with Crippen molar-refractivity contribution in [1.29, 1.82) is 0 Å². The molecule has 0 aromatic heterocycles. The van der Waals surface area contributed by atoms with E-state index in [1.165, 1.54) is 116 Å². The van der Waals surface area contributed by atoms with Gasteiger partial charge in [-0.05, 0) is 234 Å². The lowest BCUT2D eigenvalue weighted by atomic mass is 9.68. The summed E-state index contributed by atoms with van der Waals surface area (Å²) < 4.78 is 0. The zero-order valence-corrected chi connectivity index (χ0v) is 66.1. The summed E-state index contributed by atoms with van der Waals surface area (Å²) in [4.78, 5) is 4.98. The van der Waals surface area contributed by atoms with E-state index < -0.39 is 10.8 Å². The highest BCUT2D eigenvalue weighted by Gasteiger charge is 2.49. The maximum atomic E-state index is 2.50. The highest BCUT2D eigenvalue weighted by molar-refractivity contribution is 6.04. The Morgan fingerprint density at radius 1 is 0.150 bits per heavy atom. The second-order valence-corrected chi connectivity index (χ2v) is 31.7. The molecular weight excluding hydrogens is 1450 g/mol. The van der Waals surface area contributed by atoms with E-state index in [9.17, 15) is 0 Å². The van der Waals surface area contributed by atoms with E-state index in [4.69, 9.17) is 0 Å². The predicted molar refractivity (Wildman–Crippen MR) is 503 cm³/mol. The van der Waals surface area contributed by atoms with Gasteiger partial charge in [0.05, 0.1) is 22.2 Å². The molecule has 0 atom stereocenters. The molecule has 2 aliphatic carbocycles. The quantitative estimate of drug-likeness (QED) is 0.0896. The van der Waals surface area contributed by atoms with Gasteiger partial charge in [-0.2, -0.15) is 0 Å². The molecule has 0 bridgehead atoms. The molecule has 2 heteroatoms. The van der Waals surface area contributed by atoms with Crippen LogP contribution in [-0.2, 0) is 10.8 Å². The molecule has 0 unspecified atom stereocenters. The minimum atomic E-state index is -0.575. The van der Waals surface area contributed by atoms with Gasteiger partial charge >= 0.3 is 0 Å². The van der Waals surface area contributed by atoms with Crippen molar-refractivity contribution in [3.05, 3.63) is 530 Å². The summed E-state index contributed by atoms with van der Waals surface area (Å²) in [6.45, 7) is 0. The Labute approximate surface area is 701 Å². The molecule has 22 rings (SSSR count). The average Bonchev–Trinajstić information content (AvgIpc) is 1.54. The van der Waals surface area contributed by atoms with Crippen molar-refractivity contribution in [2.45, 2.75) is 10.8 Å². The monoisotopic (exact) mass is 1520 g/mol. The third-order valence-corrected chi connectivity index (χ3v) is 25.2. The van der Waals surface area contributed by atoms with Crippen LogP contribution in [0.15, 0.2) is 485 Å². The van der Waals surface area contributed by atoms with Crippen LogP contribution in [-0.4, -0.2) is 0 Å². The summed E-state index contributed by atoms with van der Waals surface area (Å²) >= 11 is 0. The fourth-order valence-electron chi connectivity index (χ4n) is 19.7. The van der Waals surface area contributed by atoms with Crippen molar-refractivity contribution in [3.8, 4) is 100 Å². The average molecular weight is 1530 g/mol. The molecule has 0 aliphatic heterocycles. The number of benzene rings is 20. The van der Waals surface area contributed by atoms with Gasteiger partial charge in [0, 0.05) is 33.9 Å². The Balaban J connectivity index is 0.600. The molecule has 0 radical (unpaired) electrons. The number of rotatable bonds is 17. The largest absolute Gasteiger partial charge is 0.310 e. The number of anilines is 6. The van der Waals surface area contributed by atoms with Crippen molar-refractivity contribution < 1.29 is 0 Å². The molecule has 562 valence electrons. The Morgan fingerprint density at radius 3 is 0.900 bits per heavy atom. The lowest BCUT2D eigenvalue weighted by molar-refractivity contribution is 0.768. The summed E-state index contributed by atoms with van der Waals surface area (Å²) in [5, 5.41) is 4.83. The van der Waals surface area contributed by atoms with Crippen molar-refractivity contribution in [2.24, 2.45) is 0 Å². The topological polar surface area (TPSA) is 6.48 Å². The molecule has 0 saturated carbocycles. The second-order valence-electron chi connectivity index (χ2n) is 31.7. The Morgan fingerprint density at radius 2 is 0.450 bits per heavy atom. The van der Waals surface area contributed by atoms with Crippen LogP contribution in [0.3, 0.4) is 0 Å². The first-order chi connectivity index (χ1) is 59.5. The maximum absolute atomic E-state index is 2.50. The van der Waals surface area contributed by atoms with Crippen molar-refractivity contribution in [1.82, 2.24) is 0 Å². The third-order valence-electron chi connectivity index (χ3n) is 25.2. The predicted octanol–water partition coefficient (Wildman–Crippen LogP) is 31.3. The number of nitrogens with zero attached hydrogens (tertiary/aromatic N) is 2. The Hall–Kier alpha value is -15.5. The molecule has 20 aromatic rings. The Bertz CT molecular complexity index is 7130. The minimum absolute atomic E-state index is 0.555. The van der Waals surface area contributed by atoms with Gasteiger partial charge < -0.3 is 9.80 Å². The van der Waals surface area contributed by atoms with E-state index >= 15 is 0 Å². The lowest BCUT2D eigenvalue weighted by Gasteiger charge is -2.34. The van der Waals surface area contributed by atoms with Crippen molar-refractivity contribution in [2.75, 3.05) is 9.80 Å². The maximum Gasteiger partial charge on any atom is 0.0714 e. The van der Waals surface area contributed by atoms with Crippen molar-refractivity contribution in [3.63, 3.8) is 0 Å². The summed E-state index contributed by atoms with van der Waals surface area (Å²) in [6.07, 6.45) is 0. The number of hydrogen-bond donors (Lipinski definition) is 0. The highest BCUT2D eigenvalue weighted by atomic mass is 15.2. The normalized spacial score (nSPS) is 12.6. The molecule has 120 heavy (non-hydrogen) atoms. The molecule has 0 spiro atoms. The molecule has 20 aromatic carbocycles. The van der Waals surface area contributed by atoms with E-state index in [1.54, 1.807) is 0 Å². The number of fused-ring (bicyclic) bond motifs is 8. The summed E-state index contributed by atoms with van der Waals surface area (Å²) in [6, 6.07) is 180. The highest BCUT2D eigenvalue weighted by Crippen LogP contribution is 2.62. The zero-order chi connectivity index (χ0) is 79.5. The van der Waals surface area contributed by atoms with Gasteiger partial charge in [-0.25, -0.2) is 0 Å². The van der Waals surface area contributed by atoms with Gasteiger partial charge in [0.25, 0.3) is 0 Å². The van der Waals surface area contributed by atoms with E-state index in [0.717, 1.165) is 84.2 Å². The molecule has 0 heterocycles. The van der Waals surface area contributed by atoms with Crippen LogP contribution < -0.4 is 9.80 Å². The SMILES string of the molecule is c1ccc(-c2ccc(-c3ccc(N(c4cccc(-c5cc(-c6ccc(-c7ccc(-c8ccc(N(c9cccc(-c%10ccc%11ccccc%11c%10)c9)c9cccc%10c9-c9ccccc9C%10(c9ccccc9)c9ccccc9)cc8)cc7)cc6)cc6ccccc56)c4)c4cccc5c4-c4ccccc4C5(c4ccccc4)c4ccccc4)cc3)cc2)cc1. The first kappa shape index (κ1) is 71.1. The van der Waals surface area contributed by atoms with Gasteiger partial charge in [-0.3, -0.25) is 0 Å². The third kappa shape index (κ3) is 12.1. The van der Waals surface area contributed by atoms with E-state index in [2.05, 4.69) is 495 Å². The van der Waals surface area contributed by atoms with Crippen LogP contribution in [0.5, 0.6) is 0 Å². The smallest absolute Gasteiger partial charge is 0.0714 e. The molecule has 2 aliphatic rings. The second kappa shape index (κ2) is 30.0. The number of hydrogen-bond acceptors (Lipinski definition) is 2. The van der Waals surface area contributed by atoms with Gasteiger partial charge in [-0.1, -0.05) is 406 Å². The molecule has 2 nitrogen and oxygen atoms in total. The fraction of sp³-hybridized carbons (Fsp3) is 0.0169. The summed E-state index contributed by atoms with van der Waals surface area (Å²) in [7, 11) is 0. The molecule has 0 amide bonds. The van der Waals surface area contributed by atoms with Gasteiger partial charge in [-0.15, -0.1) is 0 Å². The van der Waals surface area contributed by atoms with Crippen LogP contribution in [0.4, 0.5) is 34.1 Å². The van der Waals surface area contributed by atoms with Gasteiger partial charge in [0.1, 0.15) is 0 Å². The van der Waals surface area contributed by atoms with E-state index in [-0.39, 0.29) is 0 Å². The standard InChI is InChI=1S/C118H80N2/c1-6-28-81(29-7-1)83-54-56-86(57-55-83)88-70-74-102(75-71-88)120(114-53-27-51-112-116(114)107-47-21-23-49-110(107)118(112,99-39-12-4-13-40-99)100-41-14-5-15-42-100)104-44-25-34-95(79-104)108-80-96(77-94-32-18-19-45-105(94)108)90-64-62-85(63-65-90)84-58-60-87(61-59-84)89-68-72-101(73-69-89)119(103-43-24-33-92(78-103)93-67-66-82-30-16-17-31-91(82)76-93)113-52-26-50-111-115(113)106-46-20-22-48-109(106)117(111,97-35-8-2-9-36-97)98-37-10-3-11-38-98/h1-80H. The van der Waals surface area contributed by atoms with Crippen LogP contribution in [0, 0.1) is 0 Å². The Kier molecular flexibility index (Phi) is 17.8. The molecule has 0 N–H and O–H groups in total. The summed E-state index contributed by atoms with van der Waals surface area (Å²) in [5.74, 6) is 0. The zero-order valence-electron chi connectivity index (χ0n) is 66.1. The van der Waals surface area contributed by atoms with Crippen LogP contribution >= 0.6 is 0 Å². The van der Waals surface area contributed by atoms with Crippen LogP contribution in [0.1, 0.15) is 44.5 Å². The van der Waals surface area contributed by atoms with Gasteiger partial charge in [0.2, 0.25) is 0 Å². The van der Waals surface area contributed by atoms with Crippen LogP contribution in [0.25, 0.3) is 122 Å². The van der Waals surface area contributed by atoms with Crippen molar-refractivity contribution >= 4 is 55.7 Å². The lowest BCUT2D eigenvalue weighted by Crippen LogP contribution is -2.28. The molecule has 0 fully saturated rings. The van der Waals surface area contributed by atoms with Crippen LogP contribution in [0.2, 0.25) is 0 Å². The first-order valence-corrected chi connectivity index (χ1v) is 41.6. The van der Waals surface area contributed by atoms with E-state index in [0.29, 0.717) is 0 Å². The molecular formula is C118H80N2. The van der Waals surface area contributed by atoms with Gasteiger partial charge in [0.15, 0.2) is 0 Å². The summed E-state index contributed by atoms with van der Waals surface area (Å²) in [5.41, 5.74) is 36.6. The first-order valence-electron chi connectivity index (χ1n) is 41.6. The fourth-order valence-corrected chi connectivity index (χ4v) is 19.7. The van der Waals surface area contributed by atoms with E-state index in [1.807, 2.05) is 0 Å². The molecule has 0 saturated heterocycles.